The molecule has 1 atom stereocenters. The van der Waals surface area contributed by atoms with Crippen LogP contribution in [0.5, 0.6) is 0 Å². The molecule has 0 aromatic rings. The Bertz CT molecular complexity index is 325. The Hall–Kier alpha value is -0.930. The molecular weight excluding hydrogens is 205 g/mol. The lowest BCUT2D eigenvalue weighted by Gasteiger charge is -2.29. The monoisotopic (exact) mass is 218 g/mol. The lowest BCUT2D eigenvalue weighted by atomic mass is 9.86. The number of allylic oxidation sites excluding steroid dienone is 4. The lowest BCUT2D eigenvalue weighted by molar-refractivity contribution is -0.0959. The average molecular weight is 218 g/mol. The molecule has 15 heavy (non-hydrogen) atoms. The second-order valence-electron chi connectivity index (χ2n) is 4.11. The van der Waals surface area contributed by atoms with Crippen molar-refractivity contribution in [3.05, 3.63) is 23.0 Å². The van der Waals surface area contributed by atoms with Crippen LogP contribution in [-0.2, 0) is 4.74 Å². The summed E-state index contributed by atoms with van der Waals surface area (Å²) in [6.07, 6.45) is -1.35. The van der Waals surface area contributed by atoms with E-state index in [0.717, 1.165) is 17.8 Å². The zero-order chi connectivity index (χ0) is 11.1. The molecule has 2 aliphatic rings. The fraction of sp³-hybridized carbons (Fsp3) is 0.636. The predicted molar refractivity (Wildman–Crippen MR) is 50.1 cm³/mol. The van der Waals surface area contributed by atoms with E-state index in [1.54, 1.807) is 6.92 Å². The topological polar surface area (TPSA) is 9.23 Å². The molecule has 1 nitrogen and oxygen atoms in total. The van der Waals surface area contributed by atoms with Gasteiger partial charge < -0.3 is 4.74 Å². The van der Waals surface area contributed by atoms with Gasteiger partial charge in [0.25, 0.3) is 0 Å². The van der Waals surface area contributed by atoms with Crippen LogP contribution in [0, 0.1) is 5.92 Å². The van der Waals surface area contributed by atoms with Crippen molar-refractivity contribution in [1.29, 1.82) is 0 Å². The Kier molecular flexibility index (Phi) is 2.52. The van der Waals surface area contributed by atoms with Crippen molar-refractivity contribution in [2.45, 2.75) is 32.4 Å². The molecule has 1 aliphatic carbocycles. The molecule has 1 heterocycles. The van der Waals surface area contributed by atoms with Crippen LogP contribution in [0.1, 0.15) is 26.2 Å². The van der Waals surface area contributed by atoms with E-state index in [9.17, 15) is 13.2 Å². The average Bonchev–Trinajstić information content (AvgIpc) is 2.16. The van der Waals surface area contributed by atoms with Crippen LogP contribution < -0.4 is 0 Å². The van der Waals surface area contributed by atoms with E-state index in [1.807, 2.05) is 0 Å². The van der Waals surface area contributed by atoms with E-state index in [4.69, 9.17) is 4.74 Å². The highest BCUT2D eigenvalue weighted by Gasteiger charge is 2.38. The van der Waals surface area contributed by atoms with Gasteiger partial charge in [0.2, 0.25) is 0 Å². The fourth-order valence-electron chi connectivity index (χ4n) is 2.15. The zero-order valence-corrected chi connectivity index (χ0v) is 8.53. The molecule has 0 bridgehead atoms. The van der Waals surface area contributed by atoms with Gasteiger partial charge in [-0.2, -0.15) is 13.2 Å². The first-order valence-electron chi connectivity index (χ1n) is 5.12. The van der Waals surface area contributed by atoms with Crippen LogP contribution in [0.2, 0.25) is 0 Å². The maximum absolute atomic E-state index is 12.5. The van der Waals surface area contributed by atoms with Gasteiger partial charge in [-0.05, 0) is 30.9 Å². The van der Waals surface area contributed by atoms with Gasteiger partial charge in [-0.15, -0.1) is 0 Å². The van der Waals surface area contributed by atoms with Crippen LogP contribution >= 0.6 is 0 Å². The number of halogens is 3. The summed E-state index contributed by atoms with van der Waals surface area (Å²) < 4.78 is 43.0. The van der Waals surface area contributed by atoms with Gasteiger partial charge in [0.1, 0.15) is 5.76 Å². The van der Waals surface area contributed by atoms with Crippen molar-refractivity contribution in [2.24, 2.45) is 5.92 Å². The third kappa shape index (κ3) is 2.03. The van der Waals surface area contributed by atoms with E-state index in [1.165, 1.54) is 6.08 Å². The second-order valence-corrected chi connectivity index (χ2v) is 4.11. The van der Waals surface area contributed by atoms with E-state index in [-0.39, 0.29) is 12.3 Å². The van der Waals surface area contributed by atoms with Gasteiger partial charge in [0.15, 0.2) is 0 Å². The minimum atomic E-state index is -4.19. The first-order chi connectivity index (χ1) is 6.98. The molecule has 1 unspecified atom stereocenters. The number of ether oxygens (including phenoxy) is 1. The first kappa shape index (κ1) is 10.6. The van der Waals surface area contributed by atoms with E-state index in [2.05, 4.69) is 0 Å². The maximum atomic E-state index is 12.5. The summed E-state index contributed by atoms with van der Waals surface area (Å²) >= 11 is 0. The quantitative estimate of drug-likeness (QED) is 0.603. The fourth-order valence-corrected chi connectivity index (χ4v) is 2.15. The number of hydrogen-bond donors (Lipinski definition) is 0. The highest BCUT2D eigenvalue weighted by molar-refractivity contribution is 5.35. The molecule has 0 N–H and O–H groups in total. The normalized spacial score (nSPS) is 26.9. The van der Waals surface area contributed by atoms with E-state index >= 15 is 0 Å². The van der Waals surface area contributed by atoms with Crippen molar-refractivity contribution in [2.75, 3.05) is 6.61 Å². The smallest absolute Gasteiger partial charge is 0.412 e. The zero-order valence-electron chi connectivity index (χ0n) is 8.53. The predicted octanol–water partition coefficient (Wildman–Crippen LogP) is 3.58. The summed E-state index contributed by atoms with van der Waals surface area (Å²) in [5, 5.41) is 0. The summed E-state index contributed by atoms with van der Waals surface area (Å²) in [7, 11) is 0. The Morgan fingerprint density at radius 1 is 1.40 bits per heavy atom. The van der Waals surface area contributed by atoms with Gasteiger partial charge in [0, 0.05) is 11.5 Å². The Morgan fingerprint density at radius 2 is 2.13 bits per heavy atom. The van der Waals surface area contributed by atoms with Crippen LogP contribution in [0.15, 0.2) is 23.0 Å². The first-order valence-corrected chi connectivity index (χ1v) is 5.12. The molecule has 1 aliphatic heterocycles. The molecule has 2 rings (SSSR count). The van der Waals surface area contributed by atoms with Gasteiger partial charge in [-0.1, -0.05) is 6.92 Å². The molecule has 0 saturated carbocycles. The Morgan fingerprint density at radius 3 is 2.80 bits per heavy atom. The van der Waals surface area contributed by atoms with E-state index in [0.29, 0.717) is 13.0 Å². The summed E-state index contributed by atoms with van der Waals surface area (Å²) in [4.78, 5) is 0. The highest BCUT2D eigenvalue weighted by Crippen LogP contribution is 2.40. The Labute approximate surface area is 86.6 Å². The molecule has 0 amide bonds. The van der Waals surface area contributed by atoms with Crippen LogP contribution in [0.25, 0.3) is 0 Å². The number of hydrogen-bond acceptors (Lipinski definition) is 1. The van der Waals surface area contributed by atoms with Crippen molar-refractivity contribution >= 4 is 0 Å². The molecule has 0 fully saturated rings. The molecule has 0 spiro atoms. The summed E-state index contributed by atoms with van der Waals surface area (Å²) in [6.45, 7) is 2.43. The van der Waals surface area contributed by atoms with Crippen molar-refractivity contribution in [3.8, 4) is 0 Å². The Balaban J connectivity index is 2.32. The third-order valence-electron chi connectivity index (χ3n) is 2.85. The maximum Gasteiger partial charge on any atom is 0.412 e. The molecule has 0 aromatic heterocycles. The molecule has 84 valence electrons. The van der Waals surface area contributed by atoms with Crippen molar-refractivity contribution in [1.82, 2.24) is 0 Å². The van der Waals surface area contributed by atoms with Crippen molar-refractivity contribution in [3.63, 3.8) is 0 Å². The lowest BCUT2D eigenvalue weighted by Crippen LogP contribution is -2.22. The van der Waals surface area contributed by atoms with Gasteiger partial charge >= 0.3 is 6.18 Å². The van der Waals surface area contributed by atoms with Gasteiger partial charge in [0.05, 0.1) is 6.61 Å². The summed E-state index contributed by atoms with van der Waals surface area (Å²) in [5.74, 6) is 0.635. The molecular formula is C11H13F3O. The summed E-state index contributed by atoms with van der Waals surface area (Å²) in [5.41, 5.74) is 0.326. The molecule has 0 aromatic carbocycles. The molecule has 4 heteroatoms. The summed E-state index contributed by atoms with van der Waals surface area (Å²) in [6, 6.07) is 0. The number of rotatable bonds is 0. The van der Waals surface area contributed by atoms with Crippen LogP contribution in [0.4, 0.5) is 13.2 Å². The van der Waals surface area contributed by atoms with Gasteiger partial charge in [-0.25, -0.2) is 0 Å². The van der Waals surface area contributed by atoms with Crippen molar-refractivity contribution < 1.29 is 17.9 Å². The second kappa shape index (κ2) is 3.58. The SMILES string of the molecule is CC1CC(C(F)(F)F)=CC2=C1OCCC2. The third-order valence-corrected chi connectivity index (χ3v) is 2.85. The minimum absolute atomic E-state index is 0.0440. The standard InChI is InChI=1S/C11H13F3O/c1-7-5-9(11(12,13)14)6-8-3-2-4-15-10(7)8/h6-7H,2-5H2,1H3. The highest BCUT2D eigenvalue weighted by atomic mass is 19.4. The van der Waals surface area contributed by atoms with Gasteiger partial charge in [-0.3, -0.25) is 0 Å². The minimum Gasteiger partial charge on any atom is -0.497 e. The largest absolute Gasteiger partial charge is 0.497 e. The molecule has 0 radical (unpaired) electrons. The van der Waals surface area contributed by atoms with Crippen LogP contribution in [-0.4, -0.2) is 12.8 Å². The molecule has 0 saturated heterocycles. The van der Waals surface area contributed by atoms with E-state index < -0.39 is 11.7 Å². The number of alkyl halides is 3. The van der Waals surface area contributed by atoms with Crippen LogP contribution in [0.3, 0.4) is 0 Å².